The van der Waals surface area contributed by atoms with Gasteiger partial charge in [-0.05, 0) is 43.7 Å². The number of nitrogens with two attached hydrogens (primary N) is 1. The van der Waals surface area contributed by atoms with Crippen molar-refractivity contribution in [3.05, 3.63) is 22.4 Å². The molecule has 0 bridgehead atoms. The summed E-state index contributed by atoms with van der Waals surface area (Å²) < 4.78 is 5.23. The van der Waals surface area contributed by atoms with E-state index < -0.39 is 5.91 Å². The second kappa shape index (κ2) is 5.05. The summed E-state index contributed by atoms with van der Waals surface area (Å²) in [4.78, 5) is 15.0. The average Bonchev–Trinajstić information content (AvgIpc) is 2.36. The normalized spacial score (nSPS) is 13.6. The van der Waals surface area contributed by atoms with E-state index in [2.05, 4.69) is 11.1 Å². The number of aromatic nitrogens is 1. The van der Waals surface area contributed by atoms with Crippen molar-refractivity contribution in [2.45, 2.75) is 32.6 Å². The van der Waals surface area contributed by atoms with Crippen LogP contribution in [0.1, 0.15) is 35.2 Å². The molecule has 0 unspecified atom stereocenters. The first-order valence-electron chi connectivity index (χ1n) is 5.97. The summed E-state index contributed by atoms with van der Waals surface area (Å²) in [6.45, 7) is 1.66. The Morgan fingerprint density at radius 3 is 2.72 bits per heavy atom. The number of hydrogen-bond acceptors (Lipinski definition) is 4. The fraction of sp³-hybridized carbons (Fsp3) is 0.462. The van der Waals surface area contributed by atoms with Gasteiger partial charge in [-0.1, -0.05) is 0 Å². The second-order valence-corrected chi connectivity index (χ2v) is 4.41. The van der Waals surface area contributed by atoms with Gasteiger partial charge in [0.2, 0.25) is 5.88 Å². The maximum absolute atomic E-state index is 10.7. The summed E-state index contributed by atoms with van der Waals surface area (Å²) in [7, 11) is 0. The number of amides is 1. The van der Waals surface area contributed by atoms with Crippen LogP contribution >= 0.6 is 0 Å². The number of ether oxygens (including phenoxy) is 1. The molecular formula is C13H15N3O2. The molecule has 1 heterocycles. The number of fused-ring (bicyclic) bond motifs is 1. The number of hydrogen-bond donors (Lipinski definition) is 1. The quantitative estimate of drug-likeness (QED) is 0.860. The van der Waals surface area contributed by atoms with Gasteiger partial charge in [-0.15, -0.1) is 0 Å². The fourth-order valence-corrected chi connectivity index (χ4v) is 2.34. The average molecular weight is 245 g/mol. The third-order valence-corrected chi connectivity index (χ3v) is 3.15. The van der Waals surface area contributed by atoms with E-state index in [1.165, 1.54) is 0 Å². The van der Waals surface area contributed by atoms with Crippen LogP contribution in [0.4, 0.5) is 0 Å². The lowest BCUT2D eigenvalue weighted by atomic mass is 9.88. The zero-order valence-electron chi connectivity index (χ0n) is 10.3. The van der Waals surface area contributed by atoms with Crippen molar-refractivity contribution in [2.24, 2.45) is 5.73 Å². The van der Waals surface area contributed by atoms with E-state index in [1.807, 2.05) is 6.92 Å². The zero-order valence-corrected chi connectivity index (χ0v) is 10.3. The Bertz CT molecular complexity index is 532. The molecule has 5 nitrogen and oxygen atoms in total. The Balaban J connectivity index is 2.44. The highest BCUT2D eigenvalue weighted by atomic mass is 16.5. The first-order valence-corrected chi connectivity index (χ1v) is 5.97. The van der Waals surface area contributed by atoms with Crippen molar-refractivity contribution in [2.75, 3.05) is 6.61 Å². The van der Waals surface area contributed by atoms with Crippen LogP contribution in [0.25, 0.3) is 0 Å². The summed E-state index contributed by atoms with van der Waals surface area (Å²) in [6.07, 6.45) is 4.02. The maximum Gasteiger partial charge on any atom is 0.255 e. The van der Waals surface area contributed by atoms with Crippen molar-refractivity contribution < 1.29 is 9.53 Å². The van der Waals surface area contributed by atoms with E-state index in [0.29, 0.717) is 5.56 Å². The van der Waals surface area contributed by atoms with Crippen LogP contribution in [-0.4, -0.2) is 17.5 Å². The van der Waals surface area contributed by atoms with Gasteiger partial charge in [-0.3, -0.25) is 4.79 Å². The molecule has 0 atom stereocenters. The van der Waals surface area contributed by atoms with Crippen LogP contribution in [0.2, 0.25) is 0 Å². The number of carbonyl (C=O) groups excluding carboxylic acids is 1. The molecule has 1 aromatic heterocycles. The van der Waals surface area contributed by atoms with E-state index in [-0.39, 0.29) is 12.5 Å². The Morgan fingerprint density at radius 1 is 1.44 bits per heavy atom. The van der Waals surface area contributed by atoms with E-state index in [1.54, 1.807) is 0 Å². The SMILES string of the molecule is Cc1nc(OCC(N)=O)c(C#N)c2c1CCCC2. The Hall–Kier alpha value is -2.09. The van der Waals surface area contributed by atoms with Crippen LogP contribution in [0.5, 0.6) is 5.88 Å². The molecule has 94 valence electrons. The molecule has 0 spiro atoms. The van der Waals surface area contributed by atoms with Gasteiger partial charge >= 0.3 is 0 Å². The van der Waals surface area contributed by atoms with Crippen molar-refractivity contribution in [1.29, 1.82) is 5.26 Å². The monoisotopic (exact) mass is 245 g/mol. The van der Waals surface area contributed by atoms with E-state index in [0.717, 1.165) is 42.5 Å². The van der Waals surface area contributed by atoms with Crippen molar-refractivity contribution in [1.82, 2.24) is 4.98 Å². The third kappa shape index (κ3) is 2.28. The van der Waals surface area contributed by atoms with Gasteiger partial charge in [-0.25, -0.2) is 4.98 Å². The number of carbonyl (C=O) groups is 1. The third-order valence-electron chi connectivity index (χ3n) is 3.15. The topological polar surface area (TPSA) is 89.0 Å². The minimum absolute atomic E-state index is 0.231. The summed E-state index contributed by atoms with van der Waals surface area (Å²) in [5.41, 5.74) is 8.55. The number of rotatable bonds is 3. The van der Waals surface area contributed by atoms with Crippen LogP contribution < -0.4 is 10.5 Å². The lowest BCUT2D eigenvalue weighted by Crippen LogP contribution is -2.21. The lowest BCUT2D eigenvalue weighted by Gasteiger charge is -2.20. The molecule has 0 saturated heterocycles. The molecule has 0 saturated carbocycles. The Morgan fingerprint density at radius 2 is 2.11 bits per heavy atom. The highest BCUT2D eigenvalue weighted by Crippen LogP contribution is 2.30. The molecule has 2 rings (SSSR count). The minimum atomic E-state index is -0.573. The van der Waals surface area contributed by atoms with E-state index in [4.69, 9.17) is 10.5 Å². The van der Waals surface area contributed by atoms with E-state index in [9.17, 15) is 10.1 Å². The number of nitriles is 1. The van der Waals surface area contributed by atoms with Crippen LogP contribution in [0.15, 0.2) is 0 Å². The van der Waals surface area contributed by atoms with Gasteiger partial charge in [0.1, 0.15) is 11.6 Å². The first kappa shape index (κ1) is 12.4. The first-order chi connectivity index (χ1) is 8.63. The summed E-state index contributed by atoms with van der Waals surface area (Å²) in [5, 5.41) is 9.24. The van der Waals surface area contributed by atoms with Crippen molar-refractivity contribution >= 4 is 5.91 Å². The van der Waals surface area contributed by atoms with Gasteiger partial charge in [-0.2, -0.15) is 5.26 Å². The molecule has 1 amide bonds. The predicted octanol–water partition coefficient (Wildman–Crippen LogP) is 1.00. The predicted molar refractivity (Wildman–Crippen MR) is 65.0 cm³/mol. The second-order valence-electron chi connectivity index (χ2n) is 4.41. The van der Waals surface area contributed by atoms with Gasteiger partial charge in [0, 0.05) is 5.69 Å². The molecule has 0 aromatic carbocycles. The molecule has 0 fully saturated rings. The van der Waals surface area contributed by atoms with Crippen LogP contribution in [-0.2, 0) is 17.6 Å². The van der Waals surface area contributed by atoms with Gasteiger partial charge in [0.15, 0.2) is 6.61 Å². The van der Waals surface area contributed by atoms with Gasteiger partial charge < -0.3 is 10.5 Å². The molecule has 5 heteroatoms. The fourth-order valence-electron chi connectivity index (χ4n) is 2.34. The number of pyridine rings is 1. The summed E-state index contributed by atoms with van der Waals surface area (Å²) in [6, 6.07) is 2.14. The molecule has 18 heavy (non-hydrogen) atoms. The van der Waals surface area contributed by atoms with Crippen molar-refractivity contribution in [3.63, 3.8) is 0 Å². The maximum atomic E-state index is 10.7. The molecule has 2 N–H and O–H groups in total. The van der Waals surface area contributed by atoms with Crippen LogP contribution in [0, 0.1) is 18.3 Å². The summed E-state index contributed by atoms with van der Waals surface area (Å²) >= 11 is 0. The number of nitrogens with zero attached hydrogens (tertiary/aromatic N) is 2. The van der Waals surface area contributed by atoms with Crippen LogP contribution in [0.3, 0.4) is 0 Å². The van der Waals surface area contributed by atoms with Gasteiger partial charge in [0.05, 0.1) is 0 Å². The molecule has 1 aliphatic rings. The highest BCUT2D eigenvalue weighted by molar-refractivity contribution is 5.75. The zero-order chi connectivity index (χ0) is 13.1. The number of primary amides is 1. The Labute approximate surface area is 106 Å². The van der Waals surface area contributed by atoms with Crippen molar-refractivity contribution in [3.8, 4) is 11.9 Å². The summed E-state index contributed by atoms with van der Waals surface area (Å²) in [5.74, 6) is -0.342. The largest absolute Gasteiger partial charge is 0.467 e. The lowest BCUT2D eigenvalue weighted by molar-refractivity contribution is -0.120. The minimum Gasteiger partial charge on any atom is -0.467 e. The number of aryl methyl sites for hydroxylation is 1. The molecule has 0 aliphatic heterocycles. The molecule has 1 aromatic rings. The molecule has 1 aliphatic carbocycles. The molecular weight excluding hydrogens is 230 g/mol. The van der Waals surface area contributed by atoms with Gasteiger partial charge in [0.25, 0.3) is 5.91 Å². The van der Waals surface area contributed by atoms with E-state index >= 15 is 0 Å². The smallest absolute Gasteiger partial charge is 0.255 e. The standard InChI is InChI=1S/C13H15N3O2/c1-8-9-4-2-3-5-10(9)11(6-14)13(16-8)18-7-12(15)17/h2-5,7H2,1H3,(H2,15,17). The highest BCUT2D eigenvalue weighted by Gasteiger charge is 2.21. The molecule has 0 radical (unpaired) electrons. The Kier molecular flexibility index (Phi) is 3.47.